The van der Waals surface area contributed by atoms with Crippen LogP contribution in [-0.2, 0) is 9.53 Å². The number of likely N-dealkylation sites (N-methyl/N-ethyl adjacent to an activating group) is 1. The summed E-state index contributed by atoms with van der Waals surface area (Å²) in [7, 11) is 2.35. The zero-order chi connectivity index (χ0) is 22.4. The number of rotatable bonds is 0. The smallest absolute Gasteiger partial charge is 0.133 e. The number of piperidine rings is 1. The molecule has 32 heavy (non-hydrogen) atoms. The molecule has 3 nitrogen and oxygen atoms in total. The molecule has 0 aromatic carbocycles. The first-order chi connectivity index (χ1) is 15.2. The molecule has 12 atom stereocenters. The summed E-state index contributed by atoms with van der Waals surface area (Å²) in [6.07, 6.45) is 12.7. The van der Waals surface area contributed by atoms with Gasteiger partial charge >= 0.3 is 0 Å². The van der Waals surface area contributed by atoms with E-state index in [4.69, 9.17) is 4.74 Å². The van der Waals surface area contributed by atoms with Gasteiger partial charge in [0.1, 0.15) is 5.78 Å². The van der Waals surface area contributed by atoms with Gasteiger partial charge in [-0.3, -0.25) is 4.79 Å². The molecule has 4 aliphatic carbocycles. The second kappa shape index (κ2) is 7.54. The zero-order valence-electron chi connectivity index (χ0n) is 21.3. The van der Waals surface area contributed by atoms with Crippen LogP contribution in [0.3, 0.4) is 0 Å². The van der Waals surface area contributed by atoms with Gasteiger partial charge in [-0.25, -0.2) is 0 Å². The van der Waals surface area contributed by atoms with Crippen molar-refractivity contribution in [3.63, 3.8) is 0 Å². The van der Waals surface area contributed by atoms with Gasteiger partial charge in [0.05, 0.1) is 11.7 Å². The molecular formula is C29H47NO2. The Bertz CT molecular complexity index is 766. The largest absolute Gasteiger partial charge is 0.370 e. The summed E-state index contributed by atoms with van der Waals surface area (Å²) in [4.78, 5) is 14.8. The molecule has 0 bridgehead atoms. The van der Waals surface area contributed by atoms with Crippen LogP contribution in [-0.4, -0.2) is 42.0 Å². The van der Waals surface area contributed by atoms with E-state index >= 15 is 0 Å². The Balaban J connectivity index is 1.24. The molecule has 2 heterocycles. The van der Waals surface area contributed by atoms with Crippen LogP contribution in [0.1, 0.15) is 91.9 Å². The molecule has 2 unspecified atom stereocenters. The fraction of sp³-hybridized carbons (Fsp3) is 0.966. The number of nitrogens with zero attached hydrogens (tertiary/aromatic N) is 1. The zero-order valence-corrected chi connectivity index (χ0v) is 21.3. The molecule has 2 aliphatic heterocycles. The lowest BCUT2D eigenvalue weighted by Crippen LogP contribution is -2.49. The molecule has 6 fully saturated rings. The minimum absolute atomic E-state index is 0.116. The Hall–Kier alpha value is -0.410. The summed E-state index contributed by atoms with van der Waals surface area (Å²) in [5, 5.41) is 0. The number of fused-ring (bicyclic) bond motifs is 6. The molecular weight excluding hydrogens is 394 g/mol. The van der Waals surface area contributed by atoms with Gasteiger partial charge < -0.3 is 9.64 Å². The predicted octanol–water partition coefficient (Wildman–Crippen LogP) is 5.96. The van der Waals surface area contributed by atoms with Gasteiger partial charge in [0, 0.05) is 31.3 Å². The van der Waals surface area contributed by atoms with E-state index in [0.29, 0.717) is 35.2 Å². The van der Waals surface area contributed by atoms with Crippen molar-refractivity contribution < 1.29 is 9.53 Å². The number of ether oxygens (including phenoxy) is 1. The van der Waals surface area contributed by atoms with E-state index in [1.165, 1.54) is 57.9 Å². The standard InChI is InChI=1S/C29H47NO2/c1-17-12-26-27(30(5)16-17)19(3)29(32-26)11-9-22-23-7-6-20-13-21(31)8-10-28(20,4)25(23)14-24(22)18(2)15-29/h17-20,22-27H,6-16H2,1-5H3/t17-,18?,19+,20+,22-,23-,24?,25-,26+,27-,28-,29-/m0/s1. The third kappa shape index (κ3) is 3.08. The van der Waals surface area contributed by atoms with Crippen molar-refractivity contribution in [3.05, 3.63) is 0 Å². The maximum atomic E-state index is 12.2. The van der Waals surface area contributed by atoms with E-state index in [0.717, 1.165) is 48.3 Å². The number of carbonyl (C=O) groups excluding carboxylic acids is 1. The minimum atomic E-state index is 0.116. The predicted molar refractivity (Wildman–Crippen MR) is 128 cm³/mol. The molecule has 0 aromatic rings. The normalized spacial score (nSPS) is 58.1. The number of ketones is 1. The van der Waals surface area contributed by atoms with Crippen molar-refractivity contribution in [2.45, 2.75) is 110 Å². The first-order valence-electron chi connectivity index (χ1n) is 14.1. The summed E-state index contributed by atoms with van der Waals surface area (Å²) in [5.74, 6) is 6.96. The van der Waals surface area contributed by atoms with E-state index in [2.05, 4.69) is 39.6 Å². The monoisotopic (exact) mass is 441 g/mol. The van der Waals surface area contributed by atoms with Crippen molar-refractivity contribution in [2.24, 2.45) is 52.8 Å². The van der Waals surface area contributed by atoms with Gasteiger partial charge in [-0.15, -0.1) is 0 Å². The molecule has 0 amide bonds. The van der Waals surface area contributed by atoms with Crippen LogP contribution in [0.4, 0.5) is 0 Å². The Kier molecular flexibility index (Phi) is 5.20. The van der Waals surface area contributed by atoms with Crippen LogP contribution in [0.2, 0.25) is 0 Å². The lowest BCUT2D eigenvalue weighted by atomic mass is 9.52. The van der Waals surface area contributed by atoms with Crippen molar-refractivity contribution in [1.29, 1.82) is 0 Å². The average molecular weight is 442 g/mol. The SMILES string of the molecule is CC1C[C@]2(CC[C@@H]3C1C[C@H]1[C@H]3CC[C@@H]3CC(=O)CC[C@@]31C)O[C@@H]1C[C@H](C)CN(C)[C@H]1[C@H]2C. The highest BCUT2D eigenvalue weighted by Gasteiger charge is 2.62. The quantitative estimate of drug-likeness (QED) is 0.465. The van der Waals surface area contributed by atoms with Gasteiger partial charge in [-0.1, -0.05) is 27.7 Å². The second-order valence-corrected chi connectivity index (χ2v) is 13.9. The third-order valence-corrected chi connectivity index (χ3v) is 12.3. The Morgan fingerprint density at radius 3 is 2.62 bits per heavy atom. The molecule has 6 aliphatic rings. The lowest BCUT2D eigenvalue weighted by Gasteiger charge is -2.52. The number of hydrogen-bond donors (Lipinski definition) is 0. The molecule has 0 N–H and O–H groups in total. The topological polar surface area (TPSA) is 29.5 Å². The molecule has 1 spiro atoms. The van der Waals surface area contributed by atoms with Gasteiger partial charge in [0.2, 0.25) is 0 Å². The fourth-order valence-electron chi connectivity index (χ4n) is 10.8. The average Bonchev–Trinajstić information content (AvgIpc) is 3.19. The van der Waals surface area contributed by atoms with Crippen molar-refractivity contribution in [3.8, 4) is 0 Å². The summed E-state index contributed by atoms with van der Waals surface area (Å²) >= 11 is 0. The number of hydrogen-bond acceptors (Lipinski definition) is 3. The summed E-state index contributed by atoms with van der Waals surface area (Å²) < 4.78 is 7.14. The third-order valence-electron chi connectivity index (χ3n) is 12.3. The van der Waals surface area contributed by atoms with Crippen LogP contribution >= 0.6 is 0 Å². The van der Waals surface area contributed by atoms with Crippen molar-refractivity contribution in [2.75, 3.05) is 13.6 Å². The Morgan fingerprint density at radius 1 is 1.00 bits per heavy atom. The van der Waals surface area contributed by atoms with Crippen LogP contribution < -0.4 is 0 Å². The van der Waals surface area contributed by atoms with E-state index in [1.807, 2.05) is 0 Å². The summed E-state index contributed by atoms with van der Waals surface area (Å²) in [5.41, 5.74) is 0.552. The molecule has 6 rings (SSSR count). The summed E-state index contributed by atoms with van der Waals surface area (Å²) in [6, 6.07) is 0.623. The highest BCUT2D eigenvalue weighted by Crippen LogP contribution is 2.66. The molecule has 3 heteroatoms. The van der Waals surface area contributed by atoms with E-state index in [9.17, 15) is 4.79 Å². The fourth-order valence-corrected chi connectivity index (χ4v) is 10.8. The second-order valence-electron chi connectivity index (χ2n) is 13.9. The number of Topliss-reactive ketones (excluding diaryl/α,β-unsaturated/α-hetero) is 1. The first kappa shape index (κ1) is 22.1. The van der Waals surface area contributed by atoms with Gasteiger partial charge in [0.15, 0.2) is 0 Å². The number of carbonyl (C=O) groups is 1. The molecule has 0 radical (unpaired) electrons. The lowest BCUT2D eigenvalue weighted by molar-refractivity contribution is -0.130. The van der Waals surface area contributed by atoms with E-state index < -0.39 is 0 Å². The van der Waals surface area contributed by atoms with Crippen molar-refractivity contribution >= 4 is 5.78 Å². The highest BCUT2D eigenvalue weighted by atomic mass is 16.5. The first-order valence-corrected chi connectivity index (χ1v) is 14.1. The van der Waals surface area contributed by atoms with Crippen LogP contribution in [0, 0.1) is 52.8 Å². The maximum absolute atomic E-state index is 12.2. The molecule has 0 aromatic heterocycles. The Labute approximate surface area is 196 Å². The molecule has 4 saturated carbocycles. The van der Waals surface area contributed by atoms with Gasteiger partial charge in [-0.05, 0) is 105 Å². The van der Waals surface area contributed by atoms with Crippen LogP contribution in [0.25, 0.3) is 0 Å². The van der Waals surface area contributed by atoms with Gasteiger partial charge in [-0.2, -0.15) is 0 Å². The molecule has 2 saturated heterocycles. The van der Waals surface area contributed by atoms with Gasteiger partial charge in [0.25, 0.3) is 0 Å². The highest BCUT2D eigenvalue weighted by molar-refractivity contribution is 5.79. The minimum Gasteiger partial charge on any atom is -0.370 e. The van der Waals surface area contributed by atoms with Crippen molar-refractivity contribution in [1.82, 2.24) is 4.90 Å². The van der Waals surface area contributed by atoms with Crippen LogP contribution in [0.15, 0.2) is 0 Å². The van der Waals surface area contributed by atoms with E-state index in [-0.39, 0.29) is 5.60 Å². The summed E-state index contributed by atoms with van der Waals surface area (Å²) in [6.45, 7) is 11.3. The Morgan fingerprint density at radius 2 is 1.81 bits per heavy atom. The maximum Gasteiger partial charge on any atom is 0.133 e. The molecule has 180 valence electrons. The van der Waals surface area contributed by atoms with Crippen LogP contribution in [0.5, 0.6) is 0 Å². The number of likely N-dealkylation sites (tertiary alicyclic amines) is 1. The van der Waals surface area contributed by atoms with E-state index in [1.54, 1.807) is 0 Å².